The number of sulfone groups is 1. The first kappa shape index (κ1) is 16.4. The molecular formula is C16H12ClFO3S. The Hall–Kier alpha value is -1.98. The number of hydrogen-bond donors (Lipinski definition) is 0. The molecule has 0 amide bonds. The summed E-state index contributed by atoms with van der Waals surface area (Å²) in [6, 6.07) is 11.2. The third-order valence-electron chi connectivity index (χ3n) is 3.05. The van der Waals surface area contributed by atoms with Crippen LogP contribution in [0.1, 0.15) is 11.1 Å². The van der Waals surface area contributed by atoms with Crippen LogP contribution in [0.2, 0.25) is 0 Å². The Labute approximate surface area is 133 Å². The van der Waals surface area contributed by atoms with E-state index in [0.717, 1.165) is 6.26 Å². The minimum Gasteiger partial charge on any atom is -0.298 e. The van der Waals surface area contributed by atoms with Crippen molar-refractivity contribution in [2.45, 2.75) is 4.90 Å². The van der Waals surface area contributed by atoms with Crippen molar-refractivity contribution < 1.29 is 17.6 Å². The van der Waals surface area contributed by atoms with E-state index in [1.807, 2.05) is 0 Å². The Bertz CT molecular complexity index is 823. The monoisotopic (exact) mass is 338 g/mol. The molecule has 0 bridgehead atoms. The summed E-state index contributed by atoms with van der Waals surface area (Å²) < 4.78 is 35.8. The van der Waals surface area contributed by atoms with E-state index >= 15 is 0 Å². The second-order valence-electron chi connectivity index (χ2n) is 4.65. The summed E-state index contributed by atoms with van der Waals surface area (Å²) in [5.41, 5.74) is 1.18. The van der Waals surface area contributed by atoms with Gasteiger partial charge in [-0.3, -0.25) is 4.79 Å². The summed E-state index contributed by atoms with van der Waals surface area (Å²) >= 11 is 6.20. The average molecular weight is 339 g/mol. The molecule has 0 radical (unpaired) electrons. The fourth-order valence-corrected chi connectivity index (χ4v) is 2.79. The van der Waals surface area contributed by atoms with E-state index in [1.165, 1.54) is 48.5 Å². The molecule has 0 N–H and O–H groups in total. The van der Waals surface area contributed by atoms with Gasteiger partial charge < -0.3 is 0 Å². The Morgan fingerprint density at radius 1 is 1.00 bits per heavy atom. The lowest BCUT2D eigenvalue weighted by Gasteiger charge is -2.07. The molecule has 0 fully saturated rings. The molecule has 6 heteroatoms. The largest absolute Gasteiger partial charge is 0.298 e. The van der Waals surface area contributed by atoms with Gasteiger partial charge in [-0.15, -0.1) is 0 Å². The molecule has 2 rings (SSSR count). The molecular weight excluding hydrogens is 327 g/mol. The number of benzene rings is 2. The number of aldehydes is 1. The van der Waals surface area contributed by atoms with E-state index in [-0.39, 0.29) is 15.5 Å². The Balaban J connectivity index is 2.49. The van der Waals surface area contributed by atoms with E-state index in [9.17, 15) is 17.6 Å². The Morgan fingerprint density at radius 2 is 1.50 bits per heavy atom. The molecule has 2 aromatic rings. The minimum atomic E-state index is -3.31. The summed E-state index contributed by atoms with van der Waals surface area (Å²) in [7, 11) is -3.31. The van der Waals surface area contributed by atoms with Crippen molar-refractivity contribution in [1.82, 2.24) is 0 Å². The lowest BCUT2D eigenvalue weighted by molar-refractivity contribution is -0.103. The molecule has 0 atom stereocenters. The van der Waals surface area contributed by atoms with Gasteiger partial charge in [0, 0.05) is 11.8 Å². The van der Waals surface area contributed by atoms with Crippen LogP contribution in [0.3, 0.4) is 0 Å². The predicted octanol–water partition coefficient (Wildman–Crippen LogP) is 3.54. The van der Waals surface area contributed by atoms with Crippen molar-refractivity contribution in [3.05, 3.63) is 65.5 Å². The predicted molar refractivity (Wildman–Crippen MR) is 84.7 cm³/mol. The molecule has 114 valence electrons. The molecule has 3 nitrogen and oxygen atoms in total. The summed E-state index contributed by atoms with van der Waals surface area (Å²) in [6.07, 6.45) is 1.69. The topological polar surface area (TPSA) is 51.2 Å². The summed E-state index contributed by atoms with van der Waals surface area (Å²) in [5, 5.41) is 0.169. The zero-order valence-electron chi connectivity index (χ0n) is 11.6. The van der Waals surface area contributed by atoms with Crippen LogP contribution >= 0.6 is 11.6 Å². The summed E-state index contributed by atoms with van der Waals surface area (Å²) in [4.78, 5) is 11.5. The van der Waals surface area contributed by atoms with Crippen LogP contribution in [0.5, 0.6) is 0 Å². The fourth-order valence-electron chi connectivity index (χ4n) is 1.88. The highest BCUT2D eigenvalue weighted by Gasteiger charge is 2.12. The van der Waals surface area contributed by atoms with E-state index in [1.54, 1.807) is 0 Å². The number of carbonyl (C=O) groups is 1. The van der Waals surface area contributed by atoms with E-state index < -0.39 is 15.7 Å². The van der Waals surface area contributed by atoms with Crippen LogP contribution in [-0.4, -0.2) is 21.0 Å². The van der Waals surface area contributed by atoms with Crippen molar-refractivity contribution in [2.24, 2.45) is 0 Å². The molecule has 2 aromatic carbocycles. The Kier molecular flexibility index (Phi) is 4.78. The highest BCUT2D eigenvalue weighted by atomic mass is 35.5. The van der Waals surface area contributed by atoms with E-state index in [4.69, 9.17) is 11.6 Å². The number of rotatable bonds is 4. The lowest BCUT2D eigenvalue weighted by atomic mass is 10.0. The van der Waals surface area contributed by atoms with Crippen LogP contribution in [0.4, 0.5) is 4.39 Å². The van der Waals surface area contributed by atoms with Gasteiger partial charge in [-0.25, -0.2) is 12.8 Å². The van der Waals surface area contributed by atoms with E-state index in [0.29, 0.717) is 17.4 Å². The smallest absolute Gasteiger partial charge is 0.175 e. The highest BCUT2D eigenvalue weighted by Crippen LogP contribution is 2.29. The zero-order chi connectivity index (χ0) is 16.3. The molecule has 0 unspecified atom stereocenters. The maximum Gasteiger partial charge on any atom is 0.175 e. The molecule has 0 aliphatic carbocycles. The van der Waals surface area contributed by atoms with Gasteiger partial charge in [0.05, 0.1) is 9.93 Å². The molecule has 0 saturated heterocycles. The molecule has 0 aromatic heterocycles. The Morgan fingerprint density at radius 3 is 1.95 bits per heavy atom. The molecule has 0 aliphatic rings. The van der Waals surface area contributed by atoms with Gasteiger partial charge in [0.15, 0.2) is 16.1 Å². The standard InChI is InChI=1S/C16H12ClFO3S/c1-22(20,21)14-8-4-11(5-9-14)15(10-19)16(17)12-2-6-13(18)7-3-12/h2-10H,1H3/b16-15+. The van der Waals surface area contributed by atoms with E-state index in [2.05, 4.69) is 0 Å². The first-order valence-corrected chi connectivity index (χ1v) is 8.51. The molecule has 0 heterocycles. The van der Waals surface area contributed by atoms with Crippen LogP contribution in [-0.2, 0) is 14.6 Å². The van der Waals surface area contributed by atoms with Gasteiger partial charge in [-0.2, -0.15) is 0 Å². The van der Waals surface area contributed by atoms with Gasteiger partial charge in [-0.05, 0) is 35.4 Å². The third kappa shape index (κ3) is 3.61. The molecule has 0 spiro atoms. The van der Waals surface area contributed by atoms with Gasteiger partial charge in [-0.1, -0.05) is 35.9 Å². The second kappa shape index (κ2) is 6.42. The molecule has 0 saturated carbocycles. The van der Waals surface area contributed by atoms with Crippen LogP contribution in [0.25, 0.3) is 10.6 Å². The highest BCUT2D eigenvalue weighted by molar-refractivity contribution is 7.90. The SMILES string of the molecule is CS(=O)(=O)c1ccc(/C(C=O)=C(/Cl)c2ccc(F)cc2)cc1. The second-order valence-corrected chi connectivity index (χ2v) is 7.04. The zero-order valence-corrected chi connectivity index (χ0v) is 13.2. The van der Waals surface area contributed by atoms with Gasteiger partial charge in [0.1, 0.15) is 5.82 Å². The van der Waals surface area contributed by atoms with Crippen LogP contribution in [0.15, 0.2) is 53.4 Å². The van der Waals surface area contributed by atoms with Crippen molar-refractivity contribution in [3.8, 4) is 0 Å². The normalized spacial score (nSPS) is 12.7. The lowest BCUT2D eigenvalue weighted by Crippen LogP contribution is -1.97. The van der Waals surface area contributed by atoms with Gasteiger partial charge in [0.2, 0.25) is 0 Å². The number of hydrogen-bond acceptors (Lipinski definition) is 3. The third-order valence-corrected chi connectivity index (χ3v) is 4.60. The summed E-state index contributed by atoms with van der Waals surface area (Å²) in [6.45, 7) is 0. The van der Waals surface area contributed by atoms with Crippen LogP contribution in [0, 0.1) is 5.82 Å². The van der Waals surface area contributed by atoms with Crippen molar-refractivity contribution in [3.63, 3.8) is 0 Å². The van der Waals surface area contributed by atoms with Gasteiger partial charge in [0.25, 0.3) is 0 Å². The quantitative estimate of drug-likeness (QED) is 0.487. The molecule has 22 heavy (non-hydrogen) atoms. The van der Waals surface area contributed by atoms with Crippen molar-refractivity contribution in [1.29, 1.82) is 0 Å². The first-order valence-electron chi connectivity index (χ1n) is 6.24. The van der Waals surface area contributed by atoms with Crippen LogP contribution < -0.4 is 0 Å². The van der Waals surface area contributed by atoms with Crippen molar-refractivity contribution in [2.75, 3.05) is 6.26 Å². The number of halogens is 2. The maximum absolute atomic E-state index is 12.9. The van der Waals surface area contributed by atoms with Gasteiger partial charge >= 0.3 is 0 Å². The minimum absolute atomic E-state index is 0.152. The average Bonchev–Trinajstić information content (AvgIpc) is 2.48. The first-order chi connectivity index (χ1) is 10.3. The fraction of sp³-hybridized carbons (Fsp3) is 0.0625. The number of carbonyl (C=O) groups excluding carboxylic acids is 1. The number of allylic oxidation sites excluding steroid dienone is 1. The molecule has 0 aliphatic heterocycles. The van der Waals surface area contributed by atoms with Crippen molar-refractivity contribution >= 4 is 38.3 Å². The summed E-state index contributed by atoms with van der Waals surface area (Å²) in [5.74, 6) is -0.404. The maximum atomic E-state index is 12.9.